The van der Waals surface area contributed by atoms with Crippen LogP contribution in [0, 0.1) is 0 Å². The highest BCUT2D eigenvalue weighted by molar-refractivity contribution is 7.92. The van der Waals surface area contributed by atoms with Crippen LogP contribution in [-0.2, 0) is 9.84 Å². The number of benzene rings is 2. The Morgan fingerprint density at radius 1 is 1.07 bits per heavy atom. The largest absolute Gasteiger partial charge is 0.366 e. The maximum atomic E-state index is 14.4. The molecule has 0 aliphatic carbocycles. The molecule has 1 unspecified atom stereocenters. The topological polar surface area (TPSA) is 80.5 Å². The smallest absolute Gasteiger partial charge is 0.248 e. The summed E-state index contributed by atoms with van der Waals surface area (Å²) < 4.78 is 40.0. The van der Waals surface area contributed by atoms with E-state index in [0.29, 0.717) is 31.5 Å². The first kappa shape index (κ1) is 19.5. The highest BCUT2D eigenvalue weighted by atomic mass is 32.2. The standard InChI is InChI=1S/C20H23FN2O3S/c21-19(15-4-2-1-3-5-15)14-23-12-10-18(11-13-23)27(25,26)17-8-6-16(7-9-17)20(22)24/h1-9,18-19H,10-14H2,(H2,22,24). The summed E-state index contributed by atoms with van der Waals surface area (Å²) >= 11 is 0. The lowest BCUT2D eigenvalue weighted by molar-refractivity contribution is 0.1000. The average molecular weight is 390 g/mol. The van der Waals surface area contributed by atoms with Gasteiger partial charge in [0.05, 0.1) is 10.1 Å². The van der Waals surface area contributed by atoms with E-state index in [0.717, 1.165) is 0 Å². The third kappa shape index (κ3) is 4.54. The number of primary amides is 1. The van der Waals surface area contributed by atoms with Gasteiger partial charge in [0.15, 0.2) is 9.84 Å². The molecule has 2 N–H and O–H groups in total. The lowest BCUT2D eigenvalue weighted by Gasteiger charge is -2.32. The van der Waals surface area contributed by atoms with E-state index in [-0.39, 0.29) is 17.0 Å². The van der Waals surface area contributed by atoms with Crippen molar-refractivity contribution in [3.05, 3.63) is 65.7 Å². The number of rotatable bonds is 6. The lowest BCUT2D eigenvalue weighted by Crippen LogP contribution is -2.40. The van der Waals surface area contributed by atoms with Crippen LogP contribution in [0.4, 0.5) is 4.39 Å². The van der Waals surface area contributed by atoms with Gasteiger partial charge in [0, 0.05) is 12.1 Å². The van der Waals surface area contributed by atoms with Gasteiger partial charge in [-0.3, -0.25) is 4.79 Å². The van der Waals surface area contributed by atoms with Gasteiger partial charge in [-0.1, -0.05) is 30.3 Å². The van der Waals surface area contributed by atoms with E-state index in [2.05, 4.69) is 0 Å². The van der Waals surface area contributed by atoms with E-state index in [1.165, 1.54) is 24.3 Å². The summed E-state index contributed by atoms with van der Waals surface area (Å²) in [4.78, 5) is 13.3. The number of piperidine rings is 1. The SMILES string of the molecule is NC(=O)c1ccc(S(=O)(=O)C2CCN(CC(F)c3ccccc3)CC2)cc1. The summed E-state index contributed by atoms with van der Waals surface area (Å²) in [6.07, 6.45) is -0.163. The van der Waals surface area contributed by atoms with Gasteiger partial charge in [-0.05, 0) is 55.8 Å². The summed E-state index contributed by atoms with van der Waals surface area (Å²) in [6.45, 7) is 1.34. The molecule has 2 aromatic rings. The second-order valence-corrected chi connectivity index (χ2v) is 9.04. The van der Waals surface area contributed by atoms with Crippen molar-refractivity contribution < 1.29 is 17.6 Å². The normalized spacial score (nSPS) is 17.5. The molecule has 3 rings (SSSR count). The Hall–Kier alpha value is -2.25. The van der Waals surface area contributed by atoms with Crippen molar-refractivity contribution >= 4 is 15.7 Å². The molecule has 0 radical (unpaired) electrons. The second kappa shape index (κ2) is 8.19. The predicted molar refractivity (Wildman–Crippen MR) is 102 cm³/mol. The summed E-state index contributed by atoms with van der Waals surface area (Å²) in [5, 5.41) is -0.497. The molecule has 144 valence electrons. The fraction of sp³-hybridized carbons (Fsp3) is 0.350. The molecule has 1 aliphatic rings. The summed E-state index contributed by atoms with van der Waals surface area (Å²) in [5.41, 5.74) is 6.11. The Morgan fingerprint density at radius 2 is 1.67 bits per heavy atom. The number of hydrogen-bond donors (Lipinski definition) is 1. The fourth-order valence-electron chi connectivity index (χ4n) is 3.40. The van der Waals surface area contributed by atoms with E-state index in [1.807, 2.05) is 23.1 Å². The minimum absolute atomic E-state index is 0.193. The summed E-state index contributed by atoms with van der Waals surface area (Å²) in [7, 11) is -3.48. The number of carbonyl (C=O) groups is 1. The average Bonchev–Trinajstić information content (AvgIpc) is 2.69. The molecule has 1 aliphatic heterocycles. The number of halogens is 1. The minimum Gasteiger partial charge on any atom is -0.366 e. The Morgan fingerprint density at radius 3 is 2.22 bits per heavy atom. The maximum absolute atomic E-state index is 14.4. The highest BCUT2D eigenvalue weighted by Crippen LogP contribution is 2.27. The van der Waals surface area contributed by atoms with E-state index in [1.54, 1.807) is 12.1 Å². The monoisotopic (exact) mass is 390 g/mol. The number of amides is 1. The van der Waals surface area contributed by atoms with Crippen molar-refractivity contribution in [2.45, 2.75) is 29.2 Å². The first-order valence-electron chi connectivity index (χ1n) is 8.93. The molecule has 1 amide bonds. The lowest BCUT2D eigenvalue weighted by atomic mass is 10.1. The molecule has 0 spiro atoms. The van der Waals surface area contributed by atoms with Gasteiger partial charge in [-0.2, -0.15) is 0 Å². The molecule has 1 heterocycles. The zero-order chi connectivity index (χ0) is 19.4. The van der Waals surface area contributed by atoms with Gasteiger partial charge >= 0.3 is 0 Å². The molecular weight excluding hydrogens is 367 g/mol. The third-order valence-electron chi connectivity index (χ3n) is 5.02. The quantitative estimate of drug-likeness (QED) is 0.822. The van der Waals surface area contributed by atoms with Crippen LogP contribution in [0.15, 0.2) is 59.5 Å². The number of likely N-dealkylation sites (tertiary alicyclic amines) is 1. The van der Waals surface area contributed by atoms with E-state index in [4.69, 9.17) is 5.73 Å². The zero-order valence-corrected chi connectivity index (χ0v) is 15.7. The Bertz CT molecular complexity index is 877. The first-order chi connectivity index (χ1) is 12.9. The Balaban J connectivity index is 1.60. The van der Waals surface area contributed by atoms with Crippen LogP contribution < -0.4 is 5.73 Å². The van der Waals surface area contributed by atoms with Crippen molar-refractivity contribution in [3.63, 3.8) is 0 Å². The number of nitrogens with zero attached hydrogens (tertiary/aromatic N) is 1. The minimum atomic E-state index is -3.48. The van der Waals surface area contributed by atoms with Gasteiger partial charge in [0.2, 0.25) is 5.91 Å². The number of carbonyl (C=O) groups excluding carboxylic acids is 1. The van der Waals surface area contributed by atoms with Gasteiger partial charge < -0.3 is 10.6 Å². The first-order valence-corrected chi connectivity index (χ1v) is 10.5. The van der Waals surface area contributed by atoms with Crippen LogP contribution in [0.25, 0.3) is 0 Å². The van der Waals surface area contributed by atoms with Crippen LogP contribution in [0.1, 0.15) is 34.9 Å². The molecule has 27 heavy (non-hydrogen) atoms. The van der Waals surface area contributed by atoms with Crippen LogP contribution in [0.3, 0.4) is 0 Å². The molecule has 1 fully saturated rings. The number of sulfone groups is 1. The maximum Gasteiger partial charge on any atom is 0.248 e. The molecular formula is C20H23FN2O3S. The summed E-state index contributed by atoms with van der Waals surface area (Å²) in [6, 6.07) is 14.7. The number of alkyl halides is 1. The van der Waals surface area contributed by atoms with Crippen LogP contribution in [-0.4, -0.2) is 44.1 Å². The van der Waals surface area contributed by atoms with Gasteiger partial charge in [0.1, 0.15) is 6.17 Å². The van der Waals surface area contributed by atoms with Crippen molar-refractivity contribution in [1.82, 2.24) is 4.90 Å². The van der Waals surface area contributed by atoms with E-state index in [9.17, 15) is 17.6 Å². The van der Waals surface area contributed by atoms with Gasteiger partial charge in [-0.15, -0.1) is 0 Å². The molecule has 0 bridgehead atoms. The van der Waals surface area contributed by atoms with E-state index >= 15 is 0 Å². The highest BCUT2D eigenvalue weighted by Gasteiger charge is 2.32. The number of nitrogens with two attached hydrogens (primary N) is 1. The molecule has 5 nitrogen and oxygen atoms in total. The molecule has 7 heteroatoms. The van der Waals surface area contributed by atoms with Crippen LogP contribution in [0.2, 0.25) is 0 Å². The van der Waals surface area contributed by atoms with Crippen molar-refractivity contribution in [2.24, 2.45) is 5.73 Å². The summed E-state index contributed by atoms with van der Waals surface area (Å²) in [5.74, 6) is -0.591. The van der Waals surface area contributed by atoms with Crippen molar-refractivity contribution in [2.75, 3.05) is 19.6 Å². The van der Waals surface area contributed by atoms with Crippen LogP contribution >= 0.6 is 0 Å². The fourth-order valence-corrected chi connectivity index (χ4v) is 5.13. The van der Waals surface area contributed by atoms with Gasteiger partial charge in [-0.25, -0.2) is 12.8 Å². The second-order valence-electron chi connectivity index (χ2n) is 6.81. The molecule has 0 saturated carbocycles. The van der Waals surface area contributed by atoms with Crippen molar-refractivity contribution in [1.29, 1.82) is 0 Å². The zero-order valence-electron chi connectivity index (χ0n) is 14.9. The van der Waals surface area contributed by atoms with E-state index < -0.39 is 27.2 Å². The van der Waals surface area contributed by atoms with Gasteiger partial charge in [0.25, 0.3) is 0 Å². The molecule has 1 atom stereocenters. The molecule has 1 saturated heterocycles. The van der Waals surface area contributed by atoms with Crippen molar-refractivity contribution in [3.8, 4) is 0 Å². The Kier molecular flexibility index (Phi) is 5.92. The number of hydrogen-bond acceptors (Lipinski definition) is 4. The molecule has 0 aromatic heterocycles. The van der Waals surface area contributed by atoms with Crippen LogP contribution in [0.5, 0.6) is 0 Å². The predicted octanol–water partition coefficient (Wildman–Crippen LogP) is 2.73. The third-order valence-corrected chi connectivity index (χ3v) is 7.30. The molecule has 2 aromatic carbocycles. The Labute approximate surface area is 158 Å².